The zero-order chi connectivity index (χ0) is 66.0. The largest absolute Gasteiger partial charge is 0.514 e. The van der Waals surface area contributed by atoms with Crippen LogP contribution in [0.3, 0.4) is 0 Å². The van der Waals surface area contributed by atoms with E-state index in [1.54, 1.807) is 14.2 Å². The number of nitrogens with one attached hydrogen (secondary N) is 1. The first-order valence-electron chi connectivity index (χ1n) is 31.4. The highest BCUT2D eigenvalue weighted by Gasteiger charge is 2.45. The summed E-state index contributed by atoms with van der Waals surface area (Å²) in [5.74, 6) is 1.86. The lowest BCUT2D eigenvalue weighted by Crippen LogP contribution is -2.51. The molecule has 10 atom stereocenters. The minimum atomic E-state index is -0.879. The molecule has 504 valence electrons. The van der Waals surface area contributed by atoms with Crippen LogP contribution in [0.15, 0.2) is 133 Å². The molecule has 23 heteroatoms. The Morgan fingerprint density at radius 1 is 0.645 bits per heavy atom. The number of nitrogens with zero attached hydrogens (tertiary/aromatic N) is 5. The van der Waals surface area contributed by atoms with E-state index < -0.39 is 35.4 Å². The second-order valence-electron chi connectivity index (χ2n) is 25.4. The van der Waals surface area contributed by atoms with Crippen LogP contribution >= 0.6 is 12.4 Å². The van der Waals surface area contributed by atoms with Crippen LogP contribution in [-0.2, 0) is 54.4 Å². The van der Waals surface area contributed by atoms with E-state index in [-0.39, 0.29) is 83.9 Å². The molecule has 0 spiro atoms. The standard InChI is InChI=1S/C32H43N3O6.C25H35N3O2.C13H13NO7.ClH/c1-32(2,15-7-16-33)22-35(19-24-10-12-25(38-3)13-11-24)20-28(36)27(18-23-8-5-4-6-9-23)34-31(37)41-29-21-40-30-26(29)14-17-39-30;1-25(2,14-7-15-26)19-28(17-21-10-12-22(30-3)13-11-21)18-24(29)23(27)16-20-8-5-4-6-9-20;15-13(20-9-3-1-8(2-4-9)14(16)17)21-11-7-19-12-10(11)5-6-18-12;/h4-6,8-13,26-30,36H,7,14-15,17-22H2,1-3H3,(H,34,37);4-6,8-13,23-24,29H,7,14,16-19,27H2,1-3H3;1-4,10-12H,5-7H2;1H. The monoisotopic (exact) mass is 1310 g/mol. The predicted molar refractivity (Wildman–Crippen MR) is 350 cm³/mol. The number of aliphatic hydroxyl groups excluding tert-OH is 2. The number of benzene rings is 5. The van der Waals surface area contributed by atoms with Gasteiger partial charge in [-0.1, -0.05) is 113 Å². The first-order valence-corrected chi connectivity index (χ1v) is 31.4. The van der Waals surface area contributed by atoms with Crippen LogP contribution in [-0.4, -0.2) is 153 Å². The van der Waals surface area contributed by atoms with E-state index in [1.165, 1.54) is 24.3 Å². The fourth-order valence-corrected chi connectivity index (χ4v) is 11.8. The number of alkyl carbamates (subject to hydrolysis) is 1. The van der Waals surface area contributed by atoms with Crippen LogP contribution in [0, 0.1) is 55.4 Å². The van der Waals surface area contributed by atoms with Gasteiger partial charge in [-0.15, -0.1) is 12.4 Å². The third-order valence-electron chi connectivity index (χ3n) is 16.8. The van der Waals surface area contributed by atoms with Crippen molar-refractivity contribution >= 4 is 30.3 Å². The number of nitrogens with two attached hydrogens (primary N) is 1. The third-order valence-corrected chi connectivity index (χ3v) is 16.8. The van der Waals surface area contributed by atoms with Gasteiger partial charge in [0.15, 0.2) is 12.6 Å². The van der Waals surface area contributed by atoms with Crippen molar-refractivity contribution in [3.63, 3.8) is 0 Å². The van der Waals surface area contributed by atoms with Gasteiger partial charge in [0.2, 0.25) is 0 Å². The molecule has 9 rings (SSSR count). The fourth-order valence-electron chi connectivity index (χ4n) is 11.8. The smallest absolute Gasteiger partial charge is 0.497 e. The summed E-state index contributed by atoms with van der Waals surface area (Å²) in [6, 6.07) is 44.5. The summed E-state index contributed by atoms with van der Waals surface area (Å²) in [6.45, 7) is 13.9. The number of nitro groups is 1. The minimum Gasteiger partial charge on any atom is -0.497 e. The molecule has 4 aliphatic rings. The van der Waals surface area contributed by atoms with Crippen molar-refractivity contribution in [1.29, 1.82) is 10.5 Å². The Hall–Kier alpha value is -7.45. The molecule has 0 aliphatic carbocycles. The van der Waals surface area contributed by atoms with E-state index in [0.717, 1.165) is 66.0 Å². The lowest BCUT2D eigenvalue weighted by Gasteiger charge is -2.35. The number of ether oxygens (including phenoxy) is 9. The van der Waals surface area contributed by atoms with E-state index in [4.69, 9.17) is 58.9 Å². The van der Waals surface area contributed by atoms with Crippen molar-refractivity contribution in [1.82, 2.24) is 15.1 Å². The number of carbonyl (C=O) groups excluding carboxylic acids is 2. The van der Waals surface area contributed by atoms with Crippen molar-refractivity contribution in [3.05, 3.63) is 166 Å². The summed E-state index contributed by atoms with van der Waals surface area (Å²) in [7, 11) is 3.30. The Kier molecular flexibility index (Phi) is 30.0. The van der Waals surface area contributed by atoms with E-state index in [9.17, 15) is 29.9 Å². The summed E-state index contributed by atoms with van der Waals surface area (Å²) < 4.78 is 48.4. The number of amides is 1. The molecule has 5 N–H and O–H groups in total. The molecule has 0 saturated carbocycles. The Morgan fingerprint density at radius 2 is 1.09 bits per heavy atom. The molecule has 5 aromatic rings. The number of nitro benzene ring substituents is 1. The molecule has 0 aromatic heterocycles. The molecule has 4 fully saturated rings. The minimum absolute atomic E-state index is 0. The highest BCUT2D eigenvalue weighted by molar-refractivity contribution is 5.85. The summed E-state index contributed by atoms with van der Waals surface area (Å²) in [6.07, 6.45) is 0.883. The molecule has 10 unspecified atom stereocenters. The average Bonchev–Trinajstić information content (AvgIpc) is 1.79. The molecule has 0 radical (unpaired) electrons. The zero-order valence-electron chi connectivity index (χ0n) is 54.1. The Labute approximate surface area is 552 Å². The summed E-state index contributed by atoms with van der Waals surface area (Å²) >= 11 is 0. The zero-order valence-corrected chi connectivity index (χ0v) is 54.9. The first-order chi connectivity index (χ1) is 44.2. The number of fused-ring (bicyclic) bond motifs is 2. The van der Waals surface area contributed by atoms with Crippen LogP contribution in [0.5, 0.6) is 17.2 Å². The van der Waals surface area contributed by atoms with Crippen LogP contribution in [0.25, 0.3) is 0 Å². The highest BCUT2D eigenvalue weighted by Crippen LogP contribution is 2.35. The number of methoxy groups -OCH3 is 2. The number of hydrogen-bond donors (Lipinski definition) is 4. The van der Waals surface area contributed by atoms with Crippen LogP contribution in [0.1, 0.15) is 88.5 Å². The fraction of sp³-hybridized carbons (Fsp3) is 0.514. The second kappa shape index (κ2) is 37.4. The van der Waals surface area contributed by atoms with Gasteiger partial charge in [-0.2, -0.15) is 10.5 Å². The van der Waals surface area contributed by atoms with Gasteiger partial charge >= 0.3 is 12.2 Å². The van der Waals surface area contributed by atoms with E-state index in [2.05, 4.69) is 54.9 Å². The molecule has 22 nitrogen and oxygen atoms in total. The normalized spacial score (nSPS) is 20.1. The highest BCUT2D eigenvalue weighted by atomic mass is 35.5. The molecular formula is C70H92ClN7O15. The number of non-ortho nitro benzene ring substituents is 1. The lowest BCUT2D eigenvalue weighted by molar-refractivity contribution is -0.384. The maximum absolute atomic E-state index is 13.1. The van der Waals surface area contributed by atoms with Gasteiger partial charge in [0.05, 0.1) is 87.8 Å². The van der Waals surface area contributed by atoms with E-state index >= 15 is 0 Å². The van der Waals surface area contributed by atoms with Crippen molar-refractivity contribution in [2.75, 3.05) is 66.8 Å². The van der Waals surface area contributed by atoms with Crippen LogP contribution in [0.4, 0.5) is 15.3 Å². The van der Waals surface area contributed by atoms with Gasteiger partial charge < -0.3 is 63.9 Å². The van der Waals surface area contributed by atoms with Gasteiger partial charge in [0.25, 0.3) is 5.69 Å². The van der Waals surface area contributed by atoms with E-state index in [1.807, 2.05) is 109 Å². The Balaban J connectivity index is 0.000000232. The summed E-state index contributed by atoms with van der Waals surface area (Å²) in [5.41, 5.74) is 10.4. The van der Waals surface area contributed by atoms with Crippen molar-refractivity contribution in [2.45, 2.75) is 141 Å². The van der Waals surface area contributed by atoms with Crippen molar-refractivity contribution in [2.24, 2.45) is 28.4 Å². The maximum Gasteiger partial charge on any atom is 0.514 e. The SMILES string of the molecule is COc1ccc(CN(CC(O)C(Cc2ccccc2)NC(=O)OC2COC3OCCC23)CC(C)(C)CCC#N)cc1.COc1ccc(CN(CC(O)C(N)Cc2ccccc2)CC(C)(C)CCC#N)cc1.Cl.O=C(Oc1ccc([N+](=O)[O-])cc1)OC1COC2OCCC12. The quantitative estimate of drug-likeness (QED) is 0.0150. The molecule has 4 saturated heterocycles. The molecule has 93 heavy (non-hydrogen) atoms. The van der Waals surface area contributed by atoms with Gasteiger partial charge in [0.1, 0.15) is 29.5 Å². The lowest BCUT2D eigenvalue weighted by atomic mass is 9.87. The number of hydrogen-bond acceptors (Lipinski definition) is 20. The van der Waals surface area contributed by atoms with Crippen molar-refractivity contribution < 1.29 is 67.4 Å². The van der Waals surface area contributed by atoms with Gasteiger partial charge in [-0.05, 0) is 108 Å². The third kappa shape index (κ3) is 24.8. The molecule has 0 bridgehead atoms. The van der Waals surface area contributed by atoms with Gasteiger partial charge in [-0.3, -0.25) is 19.9 Å². The molecular weight excluding hydrogens is 1210 g/mol. The summed E-state index contributed by atoms with van der Waals surface area (Å²) in [5, 5.41) is 54.1. The average molecular weight is 1310 g/mol. The van der Waals surface area contributed by atoms with Crippen LogP contribution in [0.2, 0.25) is 0 Å². The Bertz CT molecular complexity index is 3120. The molecule has 5 aromatic carbocycles. The number of carbonyl (C=O) groups is 2. The maximum atomic E-state index is 13.1. The predicted octanol–water partition coefficient (Wildman–Crippen LogP) is 10.3. The topological polar surface area (TPSA) is 293 Å². The van der Waals surface area contributed by atoms with Crippen molar-refractivity contribution in [3.8, 4) is 29.4 Å². The molecule has 4 aliphatic heterocycles. The number of rotatable bonds is 29. The van der Waals surface area contributed by atoms with E-state index in [0.29, 0.717) is 78.2 Å². The summed E-state index contributed by atoms with van der Waals surface area (Å²) in [4.78, 5) is 39.2. The second-order valence-corrected chi connectivity index (χ2v) is 25.4. The molecule has 1 amide bonds. The molecule has 4 heterocycles. The Morgan fingerprint density at radius 3 is 1.54 bits per heavy atom. The van der Waals surface area contributed by atoms with Gasteiger partial charge in [-0.25, -0.2) is 9.59 Å². The number of halogens is 1. The number of nitriles is 2. The first kappa shape index (κ1) is 74.6. The van der Waals surface area contributed by atoms with Gasteiger partial charge in [0, 0.05) is 70.3 Å². The number of aliphatic hydroxyl groups is 2. The van der Waals surface area contributed by atoms with Crippen LogP contribution < -0.4 is 25.3 Å².